The van der Waals surface area contributed by atoms with Crippen molar-refractivity contribution in [2.24, 2.45) is 0 Å². The molecule has 0 aliphatic carbocycles. The molecule has 62 valence electrons. The summed E-state index contributed by atoms with van der Waals surface area (Å²) in [4.78, 5) is 1.32. The van der Waals surface area contributed by atoms with Gasteiger partial charge in [-0.3, -0.25) is 0 Å². The smallest absolute Gasteiger partial charge is 0.0805 e. The highest BCUT2D eigenvalue weighted by molar-refractivity contribution is 7.10. The molecule has 0 spiro atoms. The van der Waals surface area contributed by atoms with E-state index in [4.69, 9.17) is 4.74 Å². The van der Waals surface area contributed by atoms with Crippen LogP contribution in [0.15, 0.2) is 11.4 Å². The molecule has 1 heterocycles. The molecule has 0 unspecified atom stereocenters. The minimum absolute atomic E-state index is 0.636. The van der Waals surface area contributed by atoms with E-state index >= 15 is 0 Å². The van der Waals surface area contributed by atoms with Crippen LogP contribution in [0.4, 0.5) is 0 Å². The average Bonchev–Trinajstić information content (AvgIpc) is 2.37. The van der Waals surface area contributed by atoms with Crippen LogP contribution in [-0.2, 0) is 11.3 Å². The molecule has 0 amide bonds. The molecular formula is C9H14OS. The van der Waals surface area contributed by atoms with Crippen LogP contribution < -0.4 is 0 Å². The lowest BCUT2D eigenvalue weighted by atomic mass is 10.1. The van der Waals surface area contributed by atoms with Gasteiger partial charge < -0.3 is 4.74 Å². The zero-order valence-corrected chi connectivity index (χ0v) is 8.07. The van der Waals surface area contributed by atoms with Crippen LogP contribution in [-0.4, -0.2) is 7.11 Å². The maximum atomic E-state index is 5.03. The first-order valence-corrected chi connectivity index (χ1v) is 4.68. The normalized spacial score (nSPS) is 10.9. The summed E-state index contributed by atoms with van der Waals surface area (Å²) in [6, 6.07) is 2.22. The van der Waals surface area contributed by atoms with Crippen molar-refractivity contribution in [3.63, 3.8) is 0 Å². The SMILES string of the molecule is COCc1cc(C(C)C)cs1. The fraction of sp³-hybridized carbons (Fsp3) is 0.556. The Hall–Kier alpha value is -0.340. The number of hydrogen-bond donors (Lipinski definition) is 0. The van der Waals surface area contributed by atoms with E-state index in [1.807, 2.05) is 0 Å². The highest BCUT2D eigenvalue weighted by atomic mass is 32.1. The topological polar surface area (TPSA) is 9.23 Å². The summed E-state index contributed by atoms with van der Waals surface area (Å²) in [5.41, 5.74) is 1.42. The Morgan fingerprint density at radius 2 is 2.27 bits per heavy atom. The van der Waals surface area contributed by atoms with E-state index in [1.54, 1.807) is 18.4 Å². The Bertz CT molecular complexity index is 215. The second-order valence-corrected chi connectivity index (χ2v) is 3.93. The van der Waals surface area contributed by atoms with Gasteiger partial charge in [0.05, 0.1) is 6.61 Å². The predicted octanol–water partition coefficient (Wildman–Crippen LogP) is 3.02. The van der Waals surface area contributed by atoms with Crippen molar-refractivity contribution in [2.75, 3.05) is 7.11 Å². The van der Waals surface area contributed by atoms with E-state index in [9.17, 15) is 0 Å². The van der Waals surface area contributed by atoms with E-state index < -0.39 is 0 Å². The number of thiophene rings is 1. The molecule has 11 heavy (non-hydrogen) atoms. The molecule has 0 N–H and O–H groups in total. The Labute approximate surface area is 72.0 Å². The maximum absolute atomic E-state index is 5.03. The third-order valence-corrected chi connectivity index (χ3v) is 2.56. The van der Waals surface area contributed by atoms with E-state index in [1.165, 1.54) is 10.4 Å². The number of hydrogen-bond acceptors (Lipinski definition) is 2. The van der Waals surface area contributed by atoms with Crippen molar-refractivity contribution in [1.29, 1.82) is 0 Å². The Kier molecular flexibility index (Phi) is 3.09. The summed E-state index contributed by atoms with van der Waals surface area (Å²) in [6.45, 7) is 5.16. The molecular weight excluding hydrogens is 156 g/mol. The molecule has 1 rings (SSSR count). The van der Waals surface area contributed by atoms with Crippen LogP contribution in [0.3, 0.4) is 0 Å². The van der Waals surface area contributed by atoms with Crippen LogP contribution in [0.2, 0.25) is 0 Å². The minimum Gasteiger partial charge on any atom is -0.379 e. The first-order chi connectivity index (χ1) is 5.24. The van der Waals surface area contributed by atoms with Crippen LogP contribution in [0.5, 0.6) is 0 Å². The van der Waals surface area contributed by atoms with Gasteiger partial charge in [0.1, 0.15) is 0 Å². The number of methoxy groups -OCH3 is 1. The number of rotatable bonds is 3. The molecule has 0 aliphatic rings. The second-order valence-electron chi connectivity index (χ2n) is 2.93. The maximum Gasteiger partial charge on any atom is 0.0805 e. The first kappa shape index (κ1) is 8.75. The molecule has 0 bridgehead atoms. The zero-order valence-electron chi connectivity index (χ0n) is 7.26. The van der Waals surface area contributed by atoms with Gasteiger partial charge in [-0.25, -0.2) is 0 Å². The van der Waals surface area contributed by atoms with Gasteiger partial charge in [-0.1, -0.05) is 13.8 Å². The predicted molar refractivity (Wildman–Crippen MR) is 49.1 cm³/mol. The van der Waals surface area contributed by atoms with Crippen LogP contribution >= 0.6 is 11.3 Å². The quantitative estimate of drug-likeness (QED) is 0.677. The van der Waals surface area contributed by atoms with Crippen molar-refractivity contribution >= 4 is 11.3 Å². The zero-order chi connectivity index (χ0) is 8.27. The monoisotopic (exact) mass is 170 g/mol. The third-order valence-electron chi connectivity index (χ3n) is 1.63. The molecule has 1 aromatic rings. The van der Waals surface area contributed by atoms with Gasteiger partial charge in [0.25, 0.3) is 0 Å². The lowest BCUT2D eigenvalue weighted by Gasteiger charge is -1.97. The lowest BCUT2D eigenvalue weighted by Crippen LogP contribution is -1.83. The van der Waals surface area contributed by atoms with Crippen molar-refractivity contribution in [1.82, 2.24) is 0 Å². The highest BCUT2D eigenvalue weighted by Gasteiger charge is 2.02. The van der Waals surface area contributed by atoms with Gasteiger partial charge in [0.2, 0.25) is 0 Å². The standard InChI is InChI=1S/C9H14OS/c1-7(2)8-4-9(5-10-3)11-6-8/h4,6-7H,5H2,1-3H3. The molecule has 1 aromatic heterocycles. The fourth-order valence-corrected chi connectivity index (χ4v) is 1.94. The molecule has 0 saturated carbocycles. The Morgan fingerprint density at radius 3 is 2.73 bits per heavy atom. The summed E-state index contributed by atoms with van der Waals surface area (Å²) in [5, 5.41) is 2.21. The van der Waals surface area contributed by atoms with Crippen molar-refractivity contribution in [3.8, 4) is 0 Å². The van der Waals surface area contributed by atoms with Crippen LogP contribution in [0.1, 0.15) is 30.2 Å². The van der Waals surface area contributed by atoms with Gasteiger partial charge in [0, 0.05) is 12.0 Å². The highest BCUT2D eigenvalue weighted by Crippen LogP contribution is 2.22. The van der Waals surface area contributed by atoms with Crippen molar-refractivity contribution in [2.45, 2.75) is 26.4 Å². The molecule has 0 aliphatic heterocycles. The summed E-state index contributed by atoms with van der Waals surface area (Å²) in [5.74, 6) is 0.636. The summed E-state index contributed by atoms with van der Waals surface area (Å²) >= 11 is 1.78. The molecule has 1 nitrogen and oxygen atoms in total. The first-order valence-electron chi connectivity index (χ1n) is 3.80. The lowest BCUT2D eigenvalue weighted by molar-refractivity contribution is 0.187. The second kappa shape index (κ2) is 3.88. The van der Waals surface area contributed by atoms with Gasteiger partial charge >= 0.3 is 0 Å². The van der Waals surface area contributed by atoms with E-state index in [0.29, 0.717) is 5.92 Å². The van der Waals surface area contributed by atoms with Crippen LogP contribution in [0, 0.1) is 0 Å². The molecule has 0 atom stereocenters. The van der Waals surface area contributed by atoms with E-state index in [0.717, 1.165) is 6.61 Å². The Balaban J connectivity index is 2.66. The number of ether oxygens (including phenoxy) is 1. The molecule has 0 radical (unpaired) electrons. The average molecular weight is 170 g/mol. The van der Waals surface area contributed by atoms with E-state index in [2.05, 4.69) is 25.3 Å². The van der Waals surface area contributed by atoms with E-state index in [-0.39, 0.29) is 0 Å². The summed E-state index contributed by atoms with van der Waals surface area (Å²) < 4.78 is 5.03. The largest absolute Gasteiger partial charge is 0.379 e. The van der Waals surface area contributed by atoms with Crippen LogP contribution in [0.25, 0.3) is 0 Å². The van der Waals surface area contributed by atoms with Gasteiger partial charge in [-0.2, -0.15) is 0 Å². The summed E-state index contributed by atoms with van der Waals surface area (Å²) in [6.07, 6.45) is 0. The van der Waals surface area contributed by atoms with Gasteiger partial charge in [-0.15, -0.1) is 11.3 Å². The molecule has 0 aromatic carbocycles. The third kappa shape index (κ3) is 2.31. The molecule has 0 fully saturated rings. The molecule has 2 heteroatoms. The van der Waals surface area contributed by atoms with Crippen molar-refractivity contribution in [3.05, 3.63) is 21.9 Å². The summed E-state index contributed by atoms with van der Waals surface area (Å²) in [7, 11) is 1.73. The Morgan fingerprint density at radius 1 is 1.55 bits per heavy atom. The fourth-order valence-electron chi connectivity index (χ4n) is 0.918. The minimum atomic E-state index is 0.636. The molecule has 0 saturated heterocycles. The van der Waals surface area contributed by atoms with Gasteiger partial charge in [-0.05, 0) is 22.9 Å². The van der Waals surface area contributed by atoms with Crippen molar-refractivity contribution < 1.29 is 4.74 Å². The van der Waals surface area contributed by atoms with Gasteiger partial charge in [0.15, 0.2) is 0 Å².